The Morgan fingerprint density at radius 2 is 1.41 bits per heavy atom. The molecule has 2 aromatic rings. The van der Waals surface area contributed by atoms with Crippen LogP contribution in [0.25, 0.3) is 9.40 Å². The molecule has 0 bridgehead atoms. The van der Waals surface area contributed by atoms with Crippen molar-refractivity contribution in [3.8, 4) is 0 Å². The zero-order chi connectivity index (χ0) is 19.6. The molecule has 2 nitrogen and oxygen atoms in total. The zero-order valence-corrected chi connectivity index (χ0v) is 19.9. The normalized spacial score (nSPS) is 11.5. The van der Waals surface area contributed by atoms with E-state index in [4.69, 9.17) is 0 Å². The minimum Gasteiger partial charge on any atom is -0.544 e. The van der Waals surface area contributed by atoms with Gasteiger partial charge in [0.15, 0.2) is 0 Å². The Morgan fingerprint density at radius 1 is 0.852 bits per heavy atom. The molecule has 0 spiro atoms. The Labute approximate surface area is 180 Å². The Bertz CT molecular complexity index is 718. The second-order valence-corrected chi connectivity index (χ2v) is 10.3. The molecule has 0 saturated heterocycles. The molecule has 152 valence electrons. The van der Waals surface area contributed by atoms with Gasteiger partial charge in [0, 0.05) is 9.35 Å². The van der Waals surface area contributed by atoms with Crippen LogP contribution >= 0.6 is 38.6 Å². The van der Waals surface area contributed by atoms with E-state index in [2.05, 4.69) is 29.8 Å². The summed E-state index contributed by atoms with van der Waals surface area (Å²) in [6, 6.07) is 0. The van der Waals surface area contributed by atoms with Crippen LogP contribution in [0.15, 0.2) is 4.47 Å². The maximum atomic E-state index is 11.5. The lowest BCUT2D eigenvalue weighted by Crippen LogP contribution is -2.22. The molecule has 0 aromatic carbocycles. The minimum absolute atomic E-state index is 0.437. The number of carbonyl (C=O) groups is 1. The maximum Gasteiger partial charge on any atom is 0.0818 e. The number of aryl methyl sites for hydroxylation is 2. The summed E-state index contributed by atoms with van der Waals surface area (Å²) in [5.41, 5.74) is 1.01. The fourth-order valence-corrected chi connectivity index (χ4v) is 7.21. The van der Waals surface area contributed by atoms with E-state index in [1.807, 2.05) is 0 Å². The molecule has 0 fully saturated rings. The van der Waals surface area contributed by atoms with Crippen molar-refractivity contribution in [3.63, 3.8) is 0 Å². The number of aromatic carboxylic acids is 1. The van der Waals surface area contributed by atoms with Gasteiger partial charge in [-0.25, -0.2) is 0 Å². The number of carbonyl (C=O) groups excluding carboxylic acids is 1. The van der Waals surface area contributed by atoms with E-state index >= 15 is 0 Å². The van der Waals surface area contributed by atoms with Gasteiger partial charge in [0.05, 0.1) is 20.2 Å². The van der Waals surface area contributed by atoms with E-state index in [1.165, 1.54) is 80.4 Å². The highest BCUT2D eigenvalue weighted by Crippen LogP contribution is 2.44. The molecule has 0 atom stereocenters. The SMILES string of the molecule is CCCCCCCCCCCCCc1c(C(=O)[O-])sc2c(Br)c(CC)sc12. The lowest BCUT2D eigenvalue weighted by molar-refractivity contribution is -0.254. The standard InChI is InChI=1S/C22H33BrO2S2/c1-3-5-6-7-8-9-10-11-12-13-14-15-16-19-21(27-20(16)22(24)25)18(23)17(4-2)26-19/h3-15H2,1-2H3,(H,24,25)/p-1. The molecular formula is C22H32BrO2S2-. The molecule has 2 aromatic heterocycles. The predicted molar refractivity (Wildman–Crippen MR) is 121 cm³/mol. The molecule has 0 aliphatic carbocycles. The Hall–Kier alpha value is -0.390. The van der Waals surface area contributed by atoms with E-state index in [9.17, 15) is 9.90 Å². The lowest BCUT2D eigenvalue weighted by atomic mass is 10.0. The maximum absolute atomic E-state index is 11.5. The van der Waals surface area contributed by atoms with Gasteiger partial charge in [-0.3, -0.25) is 0 Å². The van der Waals surface area contributed by atoms with Crippen LogP contribution in [0.5, 0.6) is 0 Å². The Kier molecular flexibility index (Phi) is 10.4. The number of thiophene rings is 2. The van der Waals surface area contributed by atoms with Gasteiger partial charge < -0.3 is 9.90 Å². The summed E-state index contributed by atoms with van der Waals surface area (Å²) in [5, 5.41) is 11.5. The van der Waals surface area contributed by atoms with E-state index in [0.29, 0.717) is 4.88 Å². The monoisotopic (exact) mass is 471 g/mol. The quantitative estimate of drug-likeness (QED) is 0.267. The van der Waals surface area contributed by atoms with Gasteiger partial charge in [-0.1, -0.05) is 78.1 Å². The van der Waals surface area contributed by atoms with Gasteiger partial charge in [-0.15, -0.1) is 22.7 Å². The number of unbranched alkanes of at least 4 members (excludes halogenated alkanes) is 10. The summed E-state index contributed by atoms with van der Waals surface area (Å²) >= 11 is 6.78. The molecule has 0 aliphatic heterocycles. The van der Waals surface area contributed by atoms with E-state index in [1.54, 1.807) is 11.3 Å². The molecule has 0 radical (unpaired) electrons. The summed E-state index contributed by atoms with van der Waals surface area (Å²) in [6.45, 7) is 4.40. The van der Waals surface area contributed by atoms with Crippen molar-refractivity contribution in [2.45, 2.75) is 97.3 Å². The number of halogens is 1. The molecule has 2 rings (SSSR count). The van der Waals surface area contributed by atoms with Crippen LogP contribution in [0.4, 0.5) is 0 Å². The fraction of sp³-hybridized carbons (Fsp3) is 0.682. The van der Waals surface area contributed by atoms with Crippen molar-refractivity contribution in [3.05, 3.63) is 19.8 Å². The number of carboxylic acid groups (broad SMARTS) is 1. The molecular weight excluding hydrogens is 440 g/mol. The summed E-state index contributed by atoms with van der Waals surface area (Å²) in [6.07, 6.45) is 16.2. The summed E-state index contributed by atoms with van der Waals surface area (Å²) in [5.74, 6) is -1.02. The van der Waals surface area contributed by atoms with E-state index in [0.717, 1.165) is 38.7 Å². The predicted octanol–water partition coefficient (Wildman–Crippen LogP) is 7.50. The van der Waals surface area contributed by atoms with Gasteiger partial charge in [0.2, 0.25) is 0 Å². The molecule has 5 heteroatoms. The molecule has 27 heavy (non-hydrogen) atoms. The van der Waals surface area contributed by atoms with Crippen LogP contribution in [-0.4, -0.2) is 5.97 Å². The first kappa shape index (κ1) is 22.9. The van der Waals surface area contributed by atoms with Crippen molar-refractivity contribution in [1.82, 2.24) is 0 Å². The molecule has 0 saturated carbocycles. The molecule has 0 aliphatic rings. The third-order valence-corrected chi connectivity index (χ3v) is 9.32. The highest BCUT2D eigenvalue weighted by molar-refractivity contribution is 9.10. The van der Waals surface area contributed by atoms with Crippen molar-refractivity contribution in [2.75, 3.05) is 0 Å². The second-order valence-electron chi connectivity index (χ2n) is 7.33. The topological polar surface area (TPSA) is 40.1 Å². The number of carboxylic acids is 1. The van der Waals surface area contributed by atoms with E-state index < -0.39 is 5.97 Å². The van der Waals surface area contributed by atoms with Crippen LogP contribution in [0, 0.1) is 0 Å². The molecule has 0 N–H and O–H groups in total. The highest BCUT2D eigenvalue weighted by atomic mass is 79.9. The zero-order valence-electron chi connectivity index (χ0n) is 16.7. The first-order chi connectivity index (χ1) is 13.1. The number of hydrogen-bond acceptors (Lipinski definition) is 4. The van der Waals surface area contributed by atoms with Gasteiger partial charge >= 0.3 is 0 Å². The largest absolute Gasteiger partial charge is 0.544 e. The van der Waals surface area contributed by atoms with Crippen molar-refractivity contribution >= 4 is 54.0 Å². The summed E-state index contributed by atoms with van der Waals surface area (Å²) < 4.78 is 3.34. The van der Waals surface area contributed by atoms with Crippen LogP contribution in [0.1, 0.15) is 105 Å². The first-order valence-corrected chi connectivity index (χ1v) is 13.0. The number of hydrogen-bond donors (Lipinski definition) is 0. The van der Waals surface area contributed by atoms with Crippen LogP contribution in [-0.2, 0) is 12.8 Å². The second kappa shape index (κ2) is 12.2. The van der Waals surface area contributed by atoms with Crippen molar-refractivity contribution in [1.29, 1.82) is 0 Å². The number of rotatable bonds is 14. The van der Waals surface area contributed by atoms with Crippen LogP contribution < -0.4 is 5.11 Å². The molecule has 2 heterocycles. The average Bonchev–Trinajstić information content (AvgIpc) is 3.16. The first-order valence-electron chi connectivity index (χ1n) is 10.5. The van der Waals surface area contributed by atoms with Gasteiger partial charge in [-0.05, 0) is 40.8 Å². The highest BCUT2D eigenvalue weighted by Gasteiger charge is 2.19. The Morgan fingerprint density at radius 3 is 1.93 bits per heavy atom. The van der Waals surface area contributed by atoms with Crippen molar-refractivity contribution in [2.24, 2.45) is 0 Å². The summed E-state index contributed by atoms with van der Waals surface area (Å²) in [4.78, 5) is 13.3. The van der Waals surface area contributed by atoms with Crippen molar-refractivity contribution < 1.29 is 9.90 Å². The fourth-order valence-electron chi connectivity index (χ4n) is 3.58. The van der Waals surface area contributed by atoms with Crippen LogP contribution in [0.2, 0.25) is 0 Å². The summed E-state index contributed by atoms with van der Waals surface area (Å²) in [7, 11) is 0. The van der Waals surface area contributed by atoms with Gasteiger partial charge in [0.1, 0.15) is 0 Å². The van der Waals surface area contributed by atoms with Gasteiger partial charge in [0.25, 0.3) is 0 Å². The molecule has 0 unspecified atom stereocenters. The van der Waals surface area contributed by atoms with Crippen LogP contribution in [0.3, 0.4) is 0 Å². The lowest BCUT2D eigenvalue weighted by Gasteiger charge is -2.06. The van der Waals surface area contributed by atoms with Gasteiger partial charge in [-0.2, -0.15) is 0 Å². The molecule has 0 amide bonds. The minimum atomic E-state index is -1.02. The van der Waals surface area contributed by atoms with E-state index in [-0.39, 0.29) is 0 Å². The third kappa shape index (κ3) is 6.57. The third-order valence-electron chi connectivity index (χ3n) is 5.16. The average molecular weight is 473 g/mol. The smallest absolute Gasteiger partial charge is 0.0818 e. The Balaban J connectivity index is 1.76. The number of fused-ring (bicyclic) bond motifs is 1.